The summed E-state index contributed by atoms with van der Waals surface area (Å²) in [5, 5.41) is 58.4. The molecule has 1 aliphatic heterocycles. The van der Waals surface area contributed by atoms with Crippen LogP contribution in [0.1, 0.15) is 6.42 Å². The van der Waals surface area contributed by atoms with Crippen molar-refractivity contribution in [3.63, 3.8) is 0 Å². The number of aliphatic hydroxyl groups excluding tert-OH is 4. The number of hydrogen-bond donors (Lipinski definition) is 4. The van der Waals surface area contributed by atoms with Crippen LogP contribution in [0.4, 0.5) is 0 Å². The third kappa shape index (κ3) is 3.85. The van der Waals surface area contributed by atoms with Gasteiger partial charge in [0.15, 0.2) is 6.29 Å². The fraction of sp³-hybridized carbons (Fsp3) is 0.800. The van der Waals surface area contributed by atoms with Crippen molar-refractivity contribution in [2.24, 2.45) is 0 Å². The van der Waals surface area contributed by atoms with E-state index in [1.165, 1.54) is 0 Å². The van der Waals surface area contributed by atoms with E-state index < -0.39 is 61.8 Å². The first kappa shape index (κ1) is 16.8. The quantitative estimate of drug-likeness (QED) is 0.368. The van der Waals surface area contributed by atoms with E-state index in [1.54, 1.807) is 0 Å². The minimum absolute atomic E-state index is 0.735. The maximum atomic E-state index is 10.7. The van der Waals surface area contributed by atoms with Gasteiger partial charge in [0.2, 0.25) is 0 Å². The minimum atomic E-state index is -1.98. The van der Waals surface area contributed by atoms with Crippen LogP contribution in [-0.2, 0) is 19.1 Å². The van der Waals surface area contributed by atoms with Crippen molar-refractivity contribution in [3.05, 3.63) is 0 Å². The smallest absolute Gasteiger partial charge is 0.187 e. The van der Waals surface area contributed by atoms with E-state index in [1.807, 2.05) is 0 Å². The standard InChI is InChI=1S/C10H16O10/c11-2-4-6(14)7(15)8(16)10(20-4)19-3(9(17)18)1-5(12)13/h3-4,6-8,10-11,14-16H,1-2H2,(H,12,13)(H,17,18)/p-2/t3-,4?,6+,7-,8?,10-/m0/s1. The fourth-order valence-corrected chi connectivity index (χ4v) is 1.68. The number of rotatable bonds is 6. The van der Waals surface area contributed by atoms with Gasteiger partial charge in [0.1, 0.15) is 30.5 Å². The predicted molar refractivity (Wildman–Crippen MR) is 53.3 cm³/mol. The van der Waals surface area contributed by atoms with Crippen molar-refractivity contribution >= 4 is 11.9 Å². The van der Waals surface area contributed by atoms with Crippen LogP contribution in [0.3, 0.4) is 0 Å². The lowest BCUT2D eigenvalue weighted by Crippen LogP contribution is -2.60. The van der Waals surface area contributed by atoms with E-state index in [-0.39, 0.29) is 0 Å². The highest BCUT2D eigenvalue weighted by Gasteiger charge is 2.44. The zero-order valence-electron chi connectivity index (χ0n) is 10.1. The van der Waals surface area contributed by atoms with Gasteiger partial charge in [-0.1, -0.05) is 0 Å². The molecule has 1 aliphatic rings. The number of carbonyl (C=O) groups is 2. The molecular formula is C10H14O10-2. The number of aliphatic hydroxyl groups is 4. The van der Waals surface area contributed by atoms with E-state index in [0.29, 0.717) is 0 Å². The molecule has 6 atom stereocenters. The molecule has 0 radical (unpaired) electrons. The molecule has 0 saturated carbocycles. The van der Waals surface area contributed by atoms with Crippen molar-refractivity contribution in [3.8, 4) is 0 Å². The summed E-state index contributed by atoms with van der Waals surface area (Å²) in [6, 6.07) is 0. The molecule has 0 aliphatic carbocycles. The number of aliphatic carboxylic acids is 2. The Balaban J connectivity index is 2.77. The van der Waals surface area contributed by atoms with Gasteiger partial charge in [-0.25, -0.2) is 0 Å². The summed E-state index contributed by atoms with van der Waals surface area (Å²) in [4.78, 5) is 21.0. The minimum Gasteiger partial charge on any atom is -0.550 e. The highest BCUT2D eigenvalue weighted by Crippen LogP contribution is 2.23. The normalized spacial score (nSPS) is 35.5. The lowest BCUT2D eigenvalue weighted by atomic mass is 9.99. The Morgan fingerprint density at radius 2 is 1.75 bits per heavy atom. The number of carboxylic acid groups (broad SMARTS) is 2. The summed E-state index contributed by atoms with van der Waals surface area (Å²) in [6.07, 6.45) is -11.3. The lowest BCUT2D eigenvalue weighted by molar-refractivity contribution is -0.348. The molecule has 0 aromatic carbocycles. The number of ether oxygens (including phenoxy) is 2. The number of carbonyl (C=O) groups excluding carboxylic acids is 2. The van der Waals surface area contributed by atoms with Crippen LogP contribution in [-0.4, -0.2) is 75.8 Å². The Labute approximate surface area is 112 Å². The second kappa shape index (κ2) is 6.92. The van der Waals surface area contributed by atoms with E-state index in [4.69, 9.17) is 9.84 Å². The fourth-order valence-electron chi connectivity index (χ4n) is 1.68. The van der Waals surface area contributed by atoms with Gasteiger partial charge in [-0.15, -0.1) is 0 Å². The second-order valence-corrected chi connectivity index (χ2v) is 4.22. The highest BCUT2D eigenvalue weighted by atomic mass is 16.7. The molecule has 4 N–H and O–H groups in total. The van der Waals surface area contributed by atoms with Crippen molar-refractivity contribution in [2.45, 2.75) is 43.2 Å². The summed E-state index contributed by atoms with van der Waals surface area (Å²) < 4.78 is 9.55. The lowest BCUT2D eigenvalue weighted by Gasteiger charge is -2.41. The van der Waals surface area contributed by atoms with Crippen LogP contribution in [0.25, 0.3) is 0 Å². The van der Waals surface area contributed by atoms with Gasteiger partial charge in [0.05, 0.1) is 12.6 Å². The molecule has 0 aromatic rings. The molecule has 1 rings (SSSR count). The Bertz CT molecular complexity index is 356. The van der Waals surface area contributed by atoms with E-state index >= 15 is 0 Å². The summed E-state index contributed by atoms with van der Waals surface area (Å²) in [5.41, 5.74) is 0. The molecule has 0 bridgehead atoms. The van der Waals surface area contributed by atoms with Crippen molar-refractivity contribution in [2.75, 3.05) is 6.61 Å². The molecule has 20 heavy (non-hydrogen) atoms. The van der Waals surface area contributed by atoms with Crippen molar-refractivity contribution in [1.82, 2.24) is 0 Å². The average Bonchev–Trinajstić information content (AvgIpc) is 2.37. The molecule has 0 amide bonds. The molecule has 10 heteroatoms. The SMILES string of the molecule is O=C([O-])C[C@H](O[C@H]1OC(CO)[C@@H](O)[C@H](O)C1O)C(=O)[O-]. The third-order valence-corrected chi connectivity index (χ3v) is 2.76. The largest absolute Gasteiger partial charge is 0.550 e. The van der Waals surface area contributed by atoms with Crippen LogP contribution in [0.15, 0.2) is 0 Å². The van der Waals surface area contributed by atoms with Crippen molar-refractivity contribution in [1.29, 1.82) is 0 Å². The first-order valence-electron chi connectivity index (χ1n) is 5.64. The second-order valence-electron chi connectivity index (χ2n) is 4.22. The summed E-state index contributed by atoms with van der Waals surface area (Å²) >= 11 is 0. The Hall–Kier alpha value is -1.30. The molecule has 1 saturated heterocycles. The summed E-state index contributed by atoms with van der Waals surface area (Å²) in [6.45, 7) is -0.735. The van der Waals surface area contributed by atoms with Gasteiger partial charge in [0.25, 0.3) is 0 Å². The maximum Gasteiger partial charge on any atom is 0.187 e. The van der Waals surface area contributed by atoms with Gasteiger partial charge in [-0.05, 0) is 0 Å². The Kier molecular flexibility index (Phi) is 5.80. The van der Waals surface area contributed by atoms with Gasteiger partial charge < -0.3 is 49.7 Å². The van der Waals surface area contributed by atoms with Gasteiger partial charge >= 0.3 is 0 Å². The van der Waals surface area contributed by atoms with Gasteiger partial charge in [-0.2, -0.15) is 0 Å². The molecule has 0 spiro atoms. The topological polar surface area (TPSA) is 180 Å². The van der Waals surface area contributed by atoms with Crippen LogP contribution in [0, 0.1) is 0 Å². The van der Waals surface area contributed by atoms with Gasteiger partial charge in [0, 0.05) is 12.4 Å². The Morgan fingerprint density at radius 3 is 2.20 bits per heavy atom. The number of hydrogen-bond acceptors (Lipinski definition) is 10. The monoisotopic (exact) mass is 294 g/mol. The van der Waals surface area contributed by atoms with E-state index in [2.05, 4.69) is 4.74 Å². The molecule has 0 aromatic heterocycles. The number of carboxylic acids is 2. The average molecular weight is 294 g/mol. The first-order valence-corrected chi connectivity index (χ1v) is 5.64. The first-order chi connectivity index (χ1) is 9.27. The summed E-state index contributed by atoms with van der Waals surface area (Å²) in [5.74, 6) is -3.62. The van der Waals surface area contributed by atoms with E-state index in [9.17, 15) is 35.1 Å². The molecule has 10 nitrogen and oxygen atoms in total. The van der Waals surface area contributed by atoms with Crippen LogP contribution in [0.5, 0.6) is 0 Å². The summed E-state index contributed by atoms with van der Waals surface area (Å²) in [7, 11) is 0. The van der Waals surface area contributed by atoms with Gasteiger partial charge in [-0.3, -0.25) is 0 Å². The highest BCUT2D eigenvalue weighted by molar-refractivity contribution is 5.77. The molecule has 116 valence electrons. The molecular weight excluding hydrogens is 280 g/mol. The molecule has 1 fully saturated rings. The van der Waals surface area contributed by atoms with Crippen LogP contribution >= 0.6 is 0 Å². The predicted octanol–water partition coefficient (Wildman–Crippen LogP) is -5.94. The Morgan fingerprint density at radius 1 is 1.15 bits per heavy atom. The zero-order chi connectivity index (χ0) is 15.4. The third-order valence-electron chi connectivity index (χ3n) is 2.76. The molecule has 1 heterocycles. The van der Waals surface area contributed by atoms with E-state index in [0.717, 1.165) is 0 Å². The van der Waals surface area contributed by atoms with Crippen molar-refractivity contribution < 1.29 is 49.7 Å². The maximum absolute atomic E-state index is 10.7. The molecule has 2 unspecified atom stereocenters. The zero-order valence-corrected chi connectivity index (χ0v) is 10.1. The van der Waals surface area contributed by atoms with Crippen LogP contribution in [0.2, 0.25) is 0 Å². The van der Waals surface area contributed by atoms with Crippen LogP contribution < -0.4 is 10.2 Å².